The van der Waals surface area contributed by atoms with Crippen molar-refractivity contribution in [3.8, 4) is 11.5 Å². The molecule has 0 radical (unpaired) electrons. The number of carbonyl (C=O) groups is 2. The zero-order valence-electron chi connectivity index (χ0n) is 14.5. The van der Waals surface area contributed by atoms with E-state index in [1.165, 1.54) is 20.4 Å². The Hall–Kier alpha value is -3.06. The largest absolute Gasteiger partial charge is 0.493 e. The minimum atomic E-state index is -0.893. The first-order valence-corrected chi connectivity index (χ1v) is 7.95. The third kappa shape index (κ3) is 4.73. The molecule has 2 rings (SSSR count). The fraction of sp³-hybridized carbons (Fsp3) is 0.167. The van der Waals surface area contributed by atoms with Gasteiger partial charge in [-0.05, 0) is 36.2 Å². The summed E-state index contributed by atoms with van der Waals surface area (Å²) in [5.74, 6) is -0.893. The number of anilines is 1. The number of ether oxygens (including phenoxy) is 2. The summed E-state index contributed by atoms with van der Waals surface area (Å²) in [6.07, 6.45) is 1.34. The second-order valence-corrected chi connectivity index (χ2v) is 5.61. The molecule has 0 spiro atoms. The van der Waals surface area contributed by atoms with E-state index in [4.69, 9.17) is 21.1 Å². The molecular formula is C18H18ClN3O4. The number of hydrogen-bond acceptors (Lipinski definition) is 5. The van der Waals surface area contributed by atoms with Crippen LogP contribution in [0.1, 0.15) is 11.1 Å². The Morgan fingerprint density at radius 3 is 2.50 bits per heavy atom. The van der Waals surface area contributed by atoms with Gasteiger partial charge in [-0.2, -0.15) is 5.10 Å². The van der Waals surface area contributed by atoms with Crippen LogP contribution < -0.4 is 20.2 Å². The van der Waals surface area contributed by atoms with Crippen molar-refractivity contribution in [2.75, 3.05) is 19.5 Å². The Morgan fingerprint density at radius 2 is 1.85 bits per heavy atom. The van der Waals surface area contributed by atoms with Crippen molar-refractivity contribution in [1.29, 1.82) is 0 Å². The van der Waals surface area contributed by atoms with Gasteiger partial charge in [0.05, 0.1) is 25.5 Å². The van der Waals surface area contributed by atoms with Gasteiger partial charge in [0.2, 0.25) is 0 Å². The van der Waals surface area contributed by atoms with Gasteiger partial charge < -0.3 is 14.8 Å². The van der Waals surface area contributed by atoms with Gasteiger partial charge in [-0.1, -0.05) is 29.8 Å². The molecule has 2 N–H and O–H groups in total. The average Bonchev–Trinajstić information content (AvgIpc) is 2.62. The third-order valence-corrected chi connectivity index (χ3v) is 3.72. The highest BCUT2D eigenvalue weighted by atomic mass is 35.5. The molecule has 26 heavy (non-hydrogen) atoms. The summed E-state index contributed by atoms with van der Waals surface area (Å²) < 4.78 is 10.3. The molecule has 0 aliphatic carbocycles. The van der Waals surface area contributed by atoms with Crippen molar-refractivity contribution in [3.05, 3.63) is 52.5 Å². The molecule has 0 aliphatic heterocycles. The maximum atomic E-state index is 11.9. The number of halogens is 1. The molecule has 2 aromatic carbocycles. The molecule has 0 atom stereocenters. The smallest absolute Gasteiger partial charge is 0.329 e. The number of para-hydroxylation sites is 1. The van der Waals surface area contributed by atoms with Gasteiger partial charge in [0, 0.05) is 5.69 Å². The normalized spacial score (nSPS) is 10.5. The molecule has 136 valence electrons. The molecule has 0 saturated heterocycles. The maximum absolute atomic E-state index is 11.9. The first kappa shape index (κ1) is 19.3. The Morgan fingerprint density at radius 1 is 1.12 bits per heavy atom. The van der Waals surface area contributed by atoms with Crippen LogP contribution in [0.15, 0.2) is 41.5 Å². The number of hydrogen-bond donors (Lipinski definition) is 2. The van der Waals surface area contributed by atoms with E-state index in [-0.39, 0.29) is 0 Å². The van der Waals surface area contributed by atoms with Crippen molar-refractivity contribution < 1.29 is 19.1 Å². The Kier molecular flexibility index (Phi) is 6.57. The van der Waals surface area contributed by atoms with Crippen LogP contribution in [-0.2, 0) is 9.59 Å². The number of carbonyl (C=O) groups excluding carboxylic acids is 2. The lowest BCUT2D eigenvalue weighted by Crippen LogP contribution is -2.32. The van der Waals surface area contributed by atoms with Crippen molar-refractivity contribution >= 4 is 35.3 Å². The Labute approximate surface area is 155 Å². The number of benzene rings is 2. The highest BCUT2D eigenvalue weighted by Gasteiger charge is 2.14. The molecule has 0 fully saturated rings. The van der Waals surface area contributed by atoms with E-state index in [0.29, 0.717) is 27.8 Å². The van der Waals surface area contributed by atoms with Crippen LogP contribution in [0.25, 0.3) is 0 Å². The minimum absolute atomic E-state index is 0.330. The van der Waals surface area contributed by atoms with Crippen LogP contribution in [-0.4, -0.2) is 32.2 Å². The van der Waals surface area contributed by atoms with Crippen LogP contribution in [0.4, 0.5) is 5.69 Å². The van der Waals surface area contributed by atoms with Crippen molar-refractivity contribution in [2.24, 2.45) is 5.10 Å². The second kappa shape index (κ2) is 8.87. The van der Waals surface area contributed by atoms with Crippen molar-refractivity contribution in [2.45, 2.75) is 6.92 Å². The summed E-state index contributed by atoms with van der Waals surface area (Å²) in [5, 5.41) is 6.61. The number of aryl methyl sites for hydroxylation is 1. The summed E-state index contributed by atoms with van der Waals surface area (Å²) in [4.78, 5) is 23.7. The predicted octanol–water partition coefficient (Wildman–Crippen LogP) is 2.75. The highest BCUT2D eigenvalue weighted by molar-refractivity contribution is 6.39. The molecule has 8 heteroatoms. The Balaban J connectivity index is 2.01. The van der Waals surface area contributed by atoms with Crippen LogP contribution in [0, 0.1) is 6.92 Å². The highest BCUT2D eigenvalue weighted by Crippen LogP contribution is 2.35. The fourth-order valence-corrected chi connectivity index (χ4v) is 2.42. The van der Waals surface area contributed by atoms with E-state index in [0.717, 1.165) is 5.56 Å². The first-order valence-electron chi connectivity index (χ1n) is 7.57. The molecule has 2 amide bonds. The van der Waals surface area contributed by atoms with Gasteiger partial charge in [-0.25, -0.2) is 5.43 Å². The Bertz CT molecular complexity index is 852. The van der Waals surface area contributed by atoms with Gasteiger partial charge in [0.15, 0.2) is 11.5 Å². The zero-order valence-corrected chi connectivity index (χ0v) is 15.3. The number of amides is 2. The quantitative estimate of drug-likeness (QED) is 0.477. The van der Waals surface area contributed by atoms with E-state index in [2.05, 4.69) is 15.8 Å². The van der Waals surface area contributed by atoms with Crippen molar-refractivity contribution in [1.82, 2.24) is 5.43 Å². The summed E-state index contributed by atoms with van der Waals surface area (Å²) >= 11 is 6.09. The molecule has 7 nitrogen and oxygen atoms in total. The van der Waals surface area contributed by atoms with E-state index in [1.807, 2.05) is 19.1 Å². The molecule has 0 aromatic heterocycles. The summed E-state index contributed by atoms with van der Waals surface area (Å²) in [7, 11) is 2.96. The van der Waals surface area contributed by atoms with E-state index >= 15 is 0 Å². The number of nitrogens with one attached hydrogen (secondary N) is 2. The third-order valence-electron chi connectivity index (χ3n) is 3.44. The van der Waals surface area contributed by atoms with E-state index < -0.39 is 11.8 Å². The van der Waals surface area contributed by atoms with Gasteiger partial charge in [-0.15, -0.1) is 0 Å². The molecule has 0 saturated carbocycles. The molecular weight excluding hydrogens is 358 g/mol. The predicted molar refractivity (Wildman–Crippen MR) is 100 cm³/mol. The lowest BCUT2D eigenvalue weighted by atomic mass is 10.2. The van der Waals surface area contributed by atoms with Gasteiger partial charge in [-0.3, -0.25) is 9.59 Å². The first-order chi connectivity index (χ1) is 12.5. The van der Waals surface area contributed by atoms with Crippen LogP contribution >= 0.6 is 11.6 Å². The topological polar surface area (TPSA) is 89.0 Å². The number of hydrazone groups is 1. The lowest BCUT2D eigenvalue weighted by molar-refractivity contribution is -0.136. The van der Waals surface area contributed by atoms with Crippen molar-refractivity contribution in [3.63, 3.8) is 0 Å². The summed E-state index contributed by atoms with van der Waals surface area (Å²) in [5.41, 5.74) is 4.12. The zero-order chi connectivity index (χ0) is 19.1. The second-order valence-electron chi connectivity index (χ2n) is 5.21. The van der Waals surface area contributed by atoms with Crippen LogP contribution in [0.3, 0.4) is 0 Å². The summed E-state index contributed by atoms with van der Waals surface area (Å²) in [6, 6.07) is 10.4. The van der Waals surface area contributed by atoms with Crippen LogP contribution in [0.5, 0.6) is 11.5 Å². The summed E-state index contributed by atoms with van der Waals surface area (Å²) in [6.45, 7) is 1.83. The number of nitrogens with zero attached hydrogens (tertiary/aromatic N) is 1. The average molecular weight is 376 g/mol. The molecule has 0 unspecified atom stereocenters. The standard InChI is InChI=1S/C18H18ClN3O4/c1-11-6-4-5-7-14(11)21-17(23)18(24)22-20-10-12-8-13(19)16(26-3)15(9-12)25-2/h4-10H,1-3H3,(H,21,23)(H,22,24)/b20-10-. The number of rotatable bonds is 5. The van der Waals surface area contributed by atoms with Gasteiger partial charge in [0.1, 0.15) is 0 Å². The molecule has 0 heterocycles. The maximum Gasteiger partial charge on any atom is 0.329 e. The van der Waals surface area contributed by atoms with E-state index in [9.17, 15) is 9.59 Å². The fourth-order valence-electron chi connectivity index (χ4n) is 2.12. The molecule has 0 bridgehead atoms. The SMILES string of the molecule is COc1cc(/C=N\NC(=O)C(=O)Nc2ccccc2C)cc(Cl)c1OC. The lowest BCUT2D eigenvalue weighted by Gasteiger charge is -2.10. The minimum Gasteiger partial charge on any atom is -0.493 e. The van der Waals surface area contributed by atoms with Crippen LogP contribution in [0.2, 0.25) is 5.02 Å². The van der Waals surface area contributed by atoms with E-state index in [1.54, 1.807) is 24.3 Å². The monoisotopic (exact) mass is 375 g/mol. The number of methoxy groups -OCH3 is 2. The van der Waals surface area contributed by atoms with Gasteiger partial charge in [0.25, 0.3) is 0 Å². The molecule has 0 aliphatic rings. The van der Waals surface area contributed by atoms with Gasteiger partial charge >= 0.3 is 11.8 Å². The molecule has 2 aromatic rings.